The van der Waals surface area contributed by atoms with E-state index in [1.54, 1.807) is 11.9 Å². The van der Waals surface area contributed by atoms with E-state index in [1.165, 1.54) is 11.1 Å². The van der Waals surface area contributed by atoms with Crippen LogP contribution in [0.15, 0.2) is 24.3 Å². The lowest BCUT2D eigenvalue weighted by Crippen LogP contribution is -2.52. The lowest BCUT2D eigenvalue weighted by Gasteiger charge is -2.38. The number of fused-ring (bicyclic) bond motifs is 1. The van der Waals surface area contributed by atoms with E-state index >= 15 is 0 Å². The van der Waals surface area contributed by atoms with Gasteiger partial charge in [0.05, 0.1) is 13.1 Å². The van der Waals surface area contributed by atoms with Crippen molar-refractivity contribution in [1.29, 1.82) is 0 Å². The smallest absolute Gasteiger partial charge is 0.410 e. The van der Waals surface area contributed by atoms with E-state index < -0.39 is 5.60 Å². The number of nitrogens with zero attached hydrogens (tertiary/aromatic N) is 3. The number of rotatable bonds is 3. The maximum absolute atomic E-state index is 12.7. The van der Waals surface area contributed by atoms with Crippen molar-refractivity contribution in [3.05, 3.63) is 35.4 Å². The van der Waals surface area contributed by atoms with E-state index in [4.69, 9.17) is 4.74 Å². The maximum atomic E-state index is 12.7. The highest BCUT2D eigenvalue weighted by molar-refractivity contribution is 5.77. The summed E-state index contributed by atoms with van der Waals surface area (Å²) < 4.78 is 5.59. The number of likely N-dealkylation sites (tertiary alicyclic amines) is 1. The second-order valence-corrected chi connectivity index (χ2v) is 7.56. The molecule has 1 spiro atoms. The number of likely N-dealkylation sites (N-methyl/N-ethyl adjacent to an activating group) is 1. The van der Waals surface area contributed by atoms with Crippen LogP contribution in [-0.2, 0) is 22.6 Å². The average Bonchev–Trinajstić information content (AvgIpc) is 3.13. The maximum Gasteiger partial charge on any atom is 0.410 e. The number of carbonyl (C=O) groups excluding carboxylic acids is 2. The standard InChI is InChI=1S/C19H25N3O3/c1-20-13-19(25-18(20)24)8-4-9-22(14-19)17(23)7-10-21-11-15-5-2-3-6-16(15)12-21/h2-3,5-6H,4,7-14H2,1H3. The molecule has 2 fully saturated rings. The molecular formula is C19H25N3O3. The highest BCUT2D eigenvalue weighted by Crippen LogP contribution is 2.31. The molecule has 134 valence electrons. The summed E-state index contributed by atoms with van der Waals surface area (Å²) in [5, 5.41) is 0. The van der Waals surface area contributed by atoms with Crippen molar-refractivity contribution < 1.29 is 14.3 Å². The number of amides is 2. The summed E-state index contributed by atoms with van der Waals surface area (Å²) in [5.74, 6) is 0.167. The molecule has 1 aromatic rings. The Morgan fingerprint density at radius 2 is 1.92 bits per heavy atom. The van der Waals surface area contributed by atoms with Crippen LogP contribution >= 0.6 is 0 Å². The van der Waals surface area contributed by atoms with Crippen LogP contribution in [0.5, 0.6) is 0 Å². The largest absolute Gasteiger partial charge is 0.439 e. The Balaban J connectivity index is 1.31. The monoisotopic (exact) mass is 343 g/mol. The predicted octanol–water partition coefficient (Wildman–Crippen LogP) is 1.84. The van der Waals surface area contributed by atoms with Gasteiger partial charge in [0.25, 0.3) is 0 Å². The number of ether oxygens (including phenoxy) is 1. The lowest BCUT2D eigenvalue weighted by atomic mass is 9.92. The van der Waals surface area contributed by atoms with Crippen LogP contribution in [0.4, 0.5) is 4.79 Å². The van der Waals surface area contributed by atoms with Gasteiger partial charge in [-0.3, -0.25) is 9.69 Å². The first-order chi connectivity index (χ1) is 12.0. The summed E-state index contributed by atoms with van der Waals surface area (Å²) in [7, 11) is 1.75. The van der Waals surface area contributed by atoms with Crippen LogP contribution in [0.3, 0.4) is 0 Å². The first kappa shape index (κ1) is 16.4. The average molecular weight is 343 g/mol. The first-order valence-corrected chi connectivity index (χ1v) is 9.06. The Kier molecular flexibility index (Phi) is 4.15. The van der Waals surface area contributed by atoms with Gasteiger partial charge < -0.3 is 14.5 Å². The van der Waals surface area contributed by atoms with Crippen LogP contribution in [0.2, 0.25) is 0 Å². The minimum absolute atomic E-state index is 0.167. The molecular weight excluding hydrogens is 318 g/mol. The molecule has 25 heavy (non-hydrogen) atoms. The van der Waals surface area contributed by atoms with Crippen molar-refractivity contribution >= 4 is 12.0 Å². The fourth-order valence-corrected chi connectivity index (χ4v) is 4.29. The lowest BCUT2D eigenvalue weighted by molar-refractivity contribution is -0.137. The molecule has 2 saturated heterocycles. The number of carbonyl (C=O) groups is 2. The fourth-order valence-electron chi connectivity index (χ4n) is 4.29. The van der Waals surface area contributed by atoms with Gasteiger partial charge in [-0.25, -0.2) is 4.79 Å². The first-order valence-electron chi connectivity index (χ1n) is 9.06. The van der Waals surface area contributed by atoms with Gasteiger partial charge in [0, 0.05) is 39.6 Å². The molecule has 6 heteroatoms. The third kappa shape index (κ3) is 3.23. The molecule has 1 atom stereocenters. The molecule has 3 heterocycles. The molecule has 4 rings (SSSR count). The van der Waals surface area contributed by atoms with Gasteiger partial charge in [0.2, 0.25) is 5.91 Å². The molecule has 1 unspecified atom stereocenters. The number of hydrogen-bond donors (Lipinski definition) is 0. The van der Waals surface area contributed by atoms with Crippen LogP contribution < -0.4 is 0 Å². The minimum Gasteiger partial charge on any atom is -0.439 e. The molecule has 0 aromatic heterocycles. The minimum atomic E-state index is -0.496. The van der Waals surface area contributed by atoms with Gasteiger partial charge in [-0.2, -0.15) is 0 Å². The van der Waals surface area contributed by atoms with Crippen LogP contribution in [0, 0.1) is 0 Å². The van der Waals surface area contributed by atoms with Gasteiger partial charge in [0.15, 0.2) is 0 Å². The van der Waals surface area contributed by atoms with Crippen LogP contribution in [0.25, 0.3) is 0 Å². The van der Waals surface area contributed by atoms with Crippen molar-refractivity contribution in [2.75, 3.05) is 33.2 Å². The summed E-state index contributed by atoms with van der Waals surface area (Å²) >= 11 is 0. The zero-order chi connectivity index (χ0) is 17.4. The van der Waals surface area contributed by atoms with Crippen LogP contribution in [0.1, 0.15) is 30.4 Å². The third-order valence-corrected chi connectivity index (χ3v) is 5.58. The summed E-state index contributed by atoms with van der Waals surface area (Å²) in [5.41, 5.74) is 2.24. The van der Waals surface area contributed by atoms with Crippen molar-refractivity contribution in [3.63, 3.8) is 0 Å². The Morgan fingerprint density at radius 3 is 2.56 bits per heavy atom. The van der Waals surface area contributed by atoms with Gasteiger partial charge in [0.1, 0.15) is 5.60 Å². The van der Waals surface area contributed by atoms with Gasteiger partial charge >= 0.3 is 6.09 Å². The topological polar surface area (TPSA) is 53.1 Å². The van der Waals surface area contributed by atoms with Crippen molar-refractivity contribution in [3.8, 4) is 0 Å². The van der Waals surface area contributed by atoms with Crippen molar-refractivity contribution in [1.82, 2.24) is 14.7 Å². The predicted molar refractivity (Wildman–Crippen MR) is 92.8 cm³/mol. The van der Waals surface area contributed by atoms with E-state index in [2.05, 4.69) is 29.2 Å². The molecule has 2 amide bonds. The van der Waals surface area contributed by atoms with E-state index in [9.17, 15) is 9.59 Å². The fraction of sp³-hybridized carbons (Fsp3) is 0.579. The van der Waals surface area contributed by atoms with Gasteiger partial charge in [-0.1, -0.05) is 24.3 Å². The molecule has 0 N–H and O–H groups in total. The Labute approximate surface area is 148 Å². The summed E-state index contributed by atoms with van der Waals surface area (Å²) in [6.07, 6.45) is 1.98. The number of benzene rings is 1. The molecule has 1 aromatic carbocycles. The molecule has 0 aliphatic carbocycles. The molecule has 6 nitrogen and oxygen atoms in total. The summed E-state index contributed by atoms with van der Waals surface area (Å²) in [6, 6.07) is 8.47. The quantitative estimate of drug-likeness (QED) is 0.840. The zero-order valence-corrected chi connectivity index (χ0v) is 14.7. The highest BCUT2D eigenvalue weighted by atomic mass is 16.6. The number of piperidine rings is 1. The third-order valence-electron chi connectivity index (χ3n) is 5.58. The molecule has 0 saturated carbocycles. The van der Waals surface area contributed by atoms with E-state index in [-0.39, 0.29) is 12.0 Å². The summed E-state index contributed by atoms with van der Waals surface area (Å²) in [6.45, 7) is 4.50. The zero-order valence-electron chi connectivity index (χ0n) is 14.7. The molecule has 0 bridgehead atoms. The van der Waals surface area contributed by atoms with E-state index in [1.807, 2.05) is 4.90 Å². The SMILES string of the molecule is CN1CC2(CCCN(C(=O)CCN3Cc4ccccc4C3)C2)OC1=O. The molecule has 0 radical (unpaired) electrons. The molecule has 3 aliphatic heterocycles. The highest BCUT2D eigenvalue weighted by Gasteiger charge is 2.47. The second-order valence-electron chi connectivity index (χ2n) is 7.56. The van der Waals surface area contributed by atoms with E-state index in [0.29, 0.717) is 19.5 Å². The Bertz CT molecular complexity index is 667. The Hall–Kier alpha value is -2.08. The van der Waals surface area contributed by atoms with Gasteiger partial charge in [-0.05, 0) is 24.0 Å². The normalized spacial score (nSPS) is 26.2. The second kappa shape index (κ2) is 6.33. The van der Waals surface area contributed by atoms with Crippen molar-refractivity contribution in [2.45, 2.75) is 38.0 Å². The summed E-state index contributed by atoms with van der Waals surface area (Å²) in [4.78, 5) is 30.2. The van der Waals surface area contributed by atoms with Crippen LogP contribution in [-0.4, -0.2) is 65.5 Å². The Morgan fingerprint density at radius 1 is 1.20 bits per heavy atom. The van der Waals surface area contributed by atoms with E-state index in [0.717, 1.165) is 39.0 Å². The number of hydrogen-bond acceptors (Lipinski definition) is 4. The molecule has 3 aliphatic rings. The van der Waals surface area contributed by atoms with Crippen molar-refractivity contribution in [2.24, 2.45) is 0 Å². The van der Waals surface area contributed by atoms with Gasteiger partial charge in [-0.15, -0.1) is 0 Å².